The summed E-state index contributed by atoms with van der Waals surface area (Å²) in [5, 5.41) is 4.73. The lowest BCUT2D eigenvalue weighted by molar-refractivity contribution is 0.212. The second-order valence-corrected chi connectivity index (χ2v) is 6.43. The van der Waals surface area contributed by atoms with Crippen molar-refractivity contribution in [2.75, 3.05) is 26.2 Å². The number of piperidine rings is 1. The maximum Gasteiger partial charge on any atom is 0.109 e. The van der Waals surface area contributed by atoms with Crippen molar-refractivity contribution in [2.45, 2.75) is 38.8 Å². The van der Waals surface area contributed by atoms with Gasteiger partial charge in [0.2, 0.25) is 0 Å². The summed E-state index contributed by atoms with van der Waals surface area (Å²) in [6.45, 7) is 8.72. The van der Waals surface area contributed by atoms with Crippen LogP contribution >= 0.6 is 11.3 Å². The first kappa shape index (κ1) is 13.9. The fourth-order valence-corrected chi connectivity index (χ4v) is 3.08. The van der Waals surface area contributed by atoms with Gasteiger partial charge in [-0.25, -0.2) is 4.98 Å². The number of aryl methyl sites for hydroxylation is 1. The van der Waals surface area contributed by atoms with Gasteiger partial charge in [-0.3, -0.25) is 0 Å². The van der Waals surface area contributed by atoms with E-state index in [4.69, 9.17) is 5.73 Å². The largest absolute Gasteiger partial charge is 0.328 e. The Kier molecular flexibility index (Phi) is 5.12. The minimum Gasteiger partial charge on any atom is -0.328 e. The summed E-state index contributed by atoms with van der Waals surface area (Å²) in [6, 6.07) is 0.780. The van der Waals surface area contributed by atoms with E-state index in [2.05, 4.69) is 29.0 Å². The van der Waals surface area contributed by atoms with Crippen LogP contribution in [-0.4, -0.2) is 42.1 Å². The van der Waals surface area contributed by atoms with Gasteiger partial charge in [0.25, 0.3) is 0 Å². The highest BCUT2D eigenvalue weighted by Gasteiger charge is 2.16. The molecule has 0 radical (unpaired) electrons. The third kappa shape index (κ3) is 4.02. The maximum atomic E-state index is 5.90. The molecule has 102 valence electrons. The zero-order valence-corrected chi connectivity index (χ0v) is 12.2. The van der Waals surface area contributed by atoms with Gasteiger partial charge in [0.1, 0.15) is 5.01 Å². The Morgan fingerprint density at radius 3 is 2.89 bits per heavy atom. The average Bonchev–Trinajstić information content (AvgIpc) is 2.78. The number of rotatable bonds is 5. The molecule has 1 aromatic heterocycles. The smallest absolute Gasteiger partial charge is 0.109 e. The van der Waals surface area contributed by atoms with Crippen LogP contribution in [0, 0.1) is 6.92 Å². The standard InChI is InChI=1S/C13H24N4S/c1-10-9-16-13(18-10)11(2)15-5-8-17-6-3-12(14)4-7-17/h9,11-12,15H,3-8,14H2,1-2H3. The van der Waals surface area contributed by atoms with E-state index in [0.717, 1.165) is 39.0 Å². The Morgan fingerprint density at radius 1 is 1.56 bits per heavy atom. The SMILES string of the molecule is Cc1cnc(C(C)NCCN2CCC(N)CC2)s1. The Morgan fingerprint density at radius 2 is 2.28 bits per heavy atom. The van der Waals surface area contributed by atoms with Crippen molar-refractivity contribution < 1.29 is 0 Å². The van der Waals surface area contributed by atoms with Gasteiger partial charge in [-0.15, -0.1) is 11.3 Å². The number of thiazole rings is 1. The number of likely N-dealkylation sites (tertiary alicyclic amines) is 1. The predicted molar refractivity (Wildman–Crippen MR) is 76.9 cm³/mol. The second kappa shape index (κ2) is 6.61. The highest BCUT2D eigenvalue weighted by Crippen LogP contribution is 2.18. The summed E-state index contributed by atoms with van der Waals surface area (Å²) in [5.74, 6) is 0. The number of hydrogen-bond acceptors (Lipinski definition) is 5. The molecule has 2 rings (SSSR count). The van der Waals surface area contributed by atoms with Gasteiger partial charge >= 0.3 is 0 Å². The summed E-state index contributed by atoms with van der Waals surface area (Å²) >= 11 is 1.78. The lowest BCUT2D eigenvalue weighted by atomic mass is 10.1. The van der Waals surface area contributed by atoms with E-state index in [0.29, 0.717) is 12.1 Å². The molecule has 1 saturated heterocycles. The summed E-state index contributed by atoms with van der Waals surface area (Å²) < 4.78 is 0. The summed E-state index contributed by atoms with van der Waals surface area (Å²) in [7, 11) is 0. The molecule has 0 saturated carbocycles. The number of nitrogens with two attached hydrogens (primary N) is 1. The zero-order valence-electron chi connectivity index (χ0n) is 11.4. The van der Waals surface area contributed by atoms with Crippen molar-refractivity contribution >= 4 is 11.3 Å². The number of nitrogens with zero attached hydrogens (tertiary/aromatic N) is 2. The van der Waals surface area contributed by atoms with Gasteiger partial charge in [-0.2, -0.15) is 0 Å². The van der Waals surface area contributed by atoms with Gasteiger partial charge < -0.3 is 16.0 Å². The minimum atomic E-state index is 0.357. The van der Waals surface area contributed by atoms with Crippen molar-refractivity contribution in [1.82, 2.24) is 15.2 Å². The first-order valence-corrected chi connectivity index (χ1v) is 7.60. The van der Waals surface area contributed by atoms with Crippen LogP contribution in [-0.2, 0) is 0 Å². The van der Waals surface area contributed by atoms with Crippen molar-refractivity contribution in [3.63, 3.8) is 0 Å². The van der Waals surface area contributed by atoms with Crippen LogP contribution < -0.4 is 11.1 Å². The fraction of sp³-hybridized carbons (Fsp3) is 0.769. The Hall–Kier alpha value is -0.490. The van der Waals surface area contributed by atoms with Crippen LogP contribution in [0.15, 0.2) is 6.20 Å². The summed E-state index contributed by atoms with van der Waals surface area (Å²) in [5.41, 5.74) is 5.90. The molecule has 18 heavy (non-hydrogen) atoms. The van der Waals surface area contributed by atoms with Crippen molar-refractivity contribution in [1.29, 1.82) is 0 Å². The second-order valence-electron chi connectivity index (χ2n) is 5.16. The number of aromatic nitrogens is 1. The first-order chi connectivity index (χ1) is 8.65. The normalized spacial score (nSPS) is 20.2. The molecule has 0 spiro atoms. The molecular formula is C13H24N4S. The molecule has 1 unspecified atom stereocenters. The molecule has 0 aromatic carbocycles. The van der Waals surface area contributed by atoms with E-state index in [1.807, 2.05) is 6.20 Å². The topological polar surface area (TPSA) is 54.2 Å². The highest BCUT2D eigenvalue weighted by atomic mass is 32.1. The van der Waals surface area contributed by atoms with Crippen LogP contribution in [0.1, 0.15) is 35.7 Å². The number of nitrogens with one attached hydrogen (secondary N) is 1. The van der Waals surface area contributed by atoms with E-state index in [1.54, 1.807) is 11.3 Å². The van der Waals surface area contributed by atoms with Crippen molar-refractivity contribution in [3.05, 3.63) is 16.1 Å². The molecule has 0 bridgehead atoms. The molecule has 4 nitrogen and oxygen atoms in total. The van der Waals surface area contributed by atoms with Crippen LogP contribution in [0.4, 0.5) is 0 Å². The lowest BCUT2D eigenvalue weighted by Crippen LogP contribution is -2.42. The third-order valence-electron chi connectivity index (χ3n) is 3.52. The molecule has 1 atom stereocenters. The van der Waals surface area contributed by atoms with Crippen molar-refractivity contribution in [2.24, 2.45) is 5.73 Å². The van der Waals surface area contributed by atoms with Crippen molar-refractivity contribution in [3.8, 4) is 0 Å². The molecule has 0 amide bonds. The summed E-state index contributed by atoms with van der Waals surface area (Å²) in [4.78, 5) is 8.19. The van der Waals surface area contributed by atoms with Gasteiger partial charge in [0.15, 0.2) is 0 Å². The summed E-state index contributed by atoms with van der Waals surface area (Å²) in [6.07, 6.45) is 4.23. The van der Waals surface area contributed by atoms with Crippen LogP contribution in [0.2, 0.25) is 0 Å². The molecular weight excluding hydrogens is 244 g/mol. The lowest BCUT2D eigenvalue weighted by Gasteiger charge is -2.30. The van der Waals surface area contributed by atoms with Crippen LogP contribution in [0.25, 0.3) is 0 Å². The minimum absolute atomic E-state index is 0.357. The fourth-order valence-electron chi connectivity index (χ4n) is 2.28. The molecule has 1 aliphatic rings. The first-order valence-electron chi connectivity index (χ1n) is 6.79. The molecule has 1 fully saturated rings. The Bertz CT molecular complexity index is 358. The van der Waals surface area contributed by atoms with Crippen LogP contribution in [0.3, 0.4) is 0 Å². The van der Waals surface area contributed by atoms with Gasteiger partial charge in [0, 0.05) is 30.2 Å². The molecule has 1 aromatic rings. The molecule has 2 heterocycles. The zero-order chi connectivity index (χ0) is 13.0. The average molecular weight is 268 g/mol. The molecule has 0 aliphatic carbocycles. The van der Waals surface area contributed by atoms with E-state index in [-0.39, 0.29) is 0 Å². The van der Waals surface area contributed by atoms with E-state index < -0.39 is 0 Å². The van der Waals surface area contributed by atoms with E-state index in [1.165, 1.54) is 9.88 Å². The maximum absolute atomic E-state index is 5.90. The third-order valence-corrected chi connectivity index (χ3v) is 4.62. The molecule has 5 heteroatoms. The Labute approximate surface area is 114 Å². The van der Waals surface area contributed by atoms with Crippen LogP contribution in [0.5, 0.6) is 0 Å². The van der Waals surface area contributed by atoms with Gasteiger partial charge in [0.05, 0.1) is 6.04 Å². The predicted octanol–water partition coefficient (Wildman–Crippen LogP) is 1.53. The van der Waals surface area contributed by atoms with E-state index >= 15 is 0 Å². The van der Waals surface area contributed by atoms with Gasteiger partial charge in [-0.1, -0.05) is 0 Å². The monoisotopic (exact) mass is 268 g/mol. The quantitative estimate of drug-likeness (QED) is 0.850. The highest BCUT2D eigenvalue weighted by molar-refractivity contribution is 7.11. The molecule has 3 N–H and O–H groups in total. The van der Waals surface area contributed by atoms with Gasteiger partial charge in [-0.05, 0) is 39.8 Å². The Balaban J connectivity index is 1.66. The molecule has 1 aliphatic heterocycles. The van der Waals surface area contributed by atoms with E-state index in [9.17, 15) is 0 Å². The number of hydrogen-bond donors (Lipinski definition) is 2.